The Morgan fingerprint density at radius 1 is 1.20 bits per heavy atom. The average molecular weight is 201 g/mol. The molecule has 2 heterocycles. The van der Waals surface area contributed by atoms with Gasteiger partial charge < -0.3 is 0 Å². The van der Waals surface area contributed by atoms with Crippen molar-refractivity contribution in [1.29, 1.82) is 5.26 Å². The zero-order valence-corrected chi connectivity index (χ0v) is 7.42. The van der Waals surface area contributed by atoms with E-state index < -0.39 is 5.82 Å². The van der Waals surface area contributed by atoms with Gasteiger partial charge in [-0.25, -0.2) is 14.4 Å². The Morgan fingerprint density at radius 3 is 2.73 bits per heavy atom. The van der Waals surface area contributed by atoms with Gasteiger partial charge in [-0.2, -0.15) is 5.26 Å². The molecule has 0 saturated carbocycles. The molecule has 0 fully saturated rings. The molecule has 2 aromatic heterocycles. The van der Waals surface area contributed by atoms with E-state index >= 15 is 0 Å². The summed E-state index contributed by atoms with van der Waals surface area (Å²) in [6.45, 7) is 0. The van der Waals surface area contributed by atoms with Gasteiger partial charge >= 0.3 is 0 Å². The van der Waals surface area contributed by atoms with Gasteiger partial charge in [0.2, 0.25) is 0 Å². The van der Waals surface area contributed by atoms with Crippen molar-refractivity contribution in [2.24, 2.45) is 0 Å². The van der Waals surface area contributed by atoms with Crippen molar-refractivity contribution in [3.8, 4) is 17.5 Å². The van der Waals surface area contributed by atoms with E-state index in [-0.39, 0.29) is 17.1 Å². The van der Waals surface area contributed by atoms with E-state index in [1.54, 1.807) is 6.07 Å². The van der Waals surface area contributed by atoms with Crippen LogP contribution < -0.4 is 0 Å². The number of rotatable bonds is 1. The molecule has 0 atom stereocenters. The number of hydrogen-bond donors (Lipinski definition) is 0. The Hall–Kier alpha value is -2.42. The normalized spacial score (nSPS) is 9.60. The van der Waals surface area contributed by atoms with Crippen LogP contribution in [0, 0.1) is 17.1 Å². The highest BCUT2D eigenvalue weighted by atomic mass is 19.1. The van der Waals surface area contributed by atoms with Crippen molar-refractivity contribution >= 4 is 0 Å². The Morgan fingerprint density at radius 2 is 2.07 bits per heavy atom. The number of nitriles is 1. The molecule has 0 saturated heterocycles. The predicted octanol–water partition coefficient (Wildman–Crippen LogP) is 0.944. The number of hydrogen-bond acceptors (Lipinski definition) is 5. The summed E-state index contributed by atoms with van der Waals surface area (Å²) < 4.78 is 13.5. The first-order valence-electron chi connectivity index (χ1n) is 4.00. The van der Waals surface area contributed by atoms with Gasteiger partial charge in [-0.05, 0) is 0 Å². The van der Waals surface area contributed by atoms with Gasteiger partial charge in [-0.1, -0.05) is 0 Å². The summed E-state index contributed by atoms with van der Waals surface area (Å²) in [6.07, 6.45) is 5.37. The largest absolute Gasteiger partial charge is 0.261 e. The standard InChI is InChI=1S/C9H4FN5/c10-8-6(3-11)14-5-15-9(8)7-4-12-1-2-13-7/h1-2,4-5H. The molecule has 0 spiro atoms. The molecule has 0 unspecified atom stereocenters. The fourth-order valence-electron chi connectivity index (χ4n) is 1.05. The van der Waals surface area contributed by atoms with Gasteiger partial charge in [-0.3, -0.25) is 9.97 Å². The molecule has 0 aliphatic heterocycles. The van der Waals surface area contributed by atoms with Crippen molar-refractivity contribution in [2.45, 2.75) is 0 Å². The summed E-state index contributed by atoms with van der Waals surface area (Å²) in [5.41, 5.74) is -0.0470. The molecule has 0 aromatic carbocycles. The highest BCUT2D eigenvalue weighted by Crippen LogP contribution is 2.17. The lowest BCUT2D eigenvalue weighted by Crippen LogP contribution is -1.98. The molecule has 6 heteroatoms. The van der Waals surface area contributed by atoms with Gasteiger partial charge in [0, 0.05) is 12.4 Å². The van der Waals surface area contributed by atoms with Gasteiger partial charge in [-0.15, -0.1) is 0 Å². The number of halogens is 1. The summed E-state index contributed by atoms with van der Waals surface area (Å²) in [6, 6.07) is 1.63. The molecule has 0 amide bonds. The van der Waals surface area contributed by atoms with Crippen LogP contribution in [-0.2, 0) is 0 Å². The third-order valence-electron chi connectivity index (χ3n) is 1.70. The van der Waals surface area contributed by atoms with E-state index in [4.69, 9.17) is 5.26 Å². The predicted molar refractivity (Wildman–Crippen MR) is 47.7 cm³/mol. The maximum Gasteiger partial charge on any atom is 0.187 e. The molecule has 15 heavy (non-hydrogen) atoms. The summed E-state index contributed by atoms with van der Waals surface area (Å²) in [7, 11) is 0. The average Bonchev–Trinajstić information content (AvgIpc) is 2.30. The van der Waals surface area contributed by atoms with Crippen LogP contribution in [0.3, 0.4) is 0 Å². The summed E-state index contributed by atoms with van der Waals surface area (Å²) in [5.74, 6) is -0.777. The molecule has 0 aliphatic rings. The fraction of sp³-hybridized carbons (Fsp3) is 0. The first kappa shape index (κ1) is 9.15. The van der Waals surface area contributed by atoms with E-state index in [1.807, 2.05) is 0 Å². The van der Waals surface area contributed by atoms with Gasteiger partial charge in [0.1, 0.15) is 23.8 Å². The highest BCUT2D eigenvalue weighted by Gasteiger charge is 2.13. The zero-order valence-electron chi connectivity index (χ0n) is 7.42. The third kappa shape index (κ3) is 1.62. The molecule has 2 aromatic rings. The monoisotopic (exact) mass is 201 g/mol. The lowest BCUT2D eigenvalue weighted by Gasteiger charge is -2.00. The second-order valence-corrected chi connectivity index (χ2v) is 2.59. The molecule has 0 N–H and O–H groups in total. The Kier molecular flexibility index (Phi) is 2.29. The second-order valence-electron chi connectivity index (χ2n) is 2.59. The van der Waals surface area contributed by atoms with E-state index in [0.29, 0.717) is 0 Å². The summed E-state index contributed by atoms with van der Waals surface area (Å²) in [5, 5.41) is 8.57. The first-order valence-corrected chi connectivity index (χ1v) is 4.00. The van der Waals surface area contributed by atoms with Crippen molar-refractivity contribution in [3.05, 3.63) is 36.4 Å². The molecule has 0 radical (unpaired) electrons. The van der Waals surface area contributed by atoms with Crippen LogP contribution in [0.2, 0.25) is 0 Å². The minimum absolute atomic E-state index is 0.0188. The Labute approximate surface area is 84.3 Å². The fourth-order valence-corrected chi connectivity index (χ4v) is 1.05. The van der Waals surface area contributed by atoms with Crippen LogP contribution in [0.5, 0.6) is 0 Å². The maximum absolute atomic E-state index is 13.5. The maximum atomic E-state index is 13.5. The molecule has 72 valence electrons. The lowest BCUT2D eigenvalue weighted by molar-refractivity contribution is 0.612. The minimum atomic E-state index is -0.777. The minimum Gasteiger partial charge on any atom is -0.261 e. The smallest absolute Gasteiger partial charge is 0.187 e. The van der Waals surface area contributed by atoms with Crippen LogP contribution in [0.25, 0.3) is 11.4 Å². The molecule has 0 bridgehead atoms. The van der Waals surface area contributed by atoms with Crippen molar-refractivity contribution in [2.75, 3.05) is 0 Å². The molecular formula is C9H4FN5. The molecular weight excluding hydrogens is 197 g/mol. The van der Waals surface area contributed by atoms with Crippen LogP contribution >= 0.6 is 0 Å². The summed E-state index contributed by atoms with van der Waals surface area (Å²) >= 11 is 0. The van der Waals surface area contributed by atoms with Crippen molar-refractivity contribution < 1.29 is 4.39 Å². The van der Waals surface area contributed by atoms with Crippen LogP contribution in [0.4, 0.5) is 4.39 Å². The zero-order chi connectivity index (χ0) is 10.7. The highest BCUT2D eigenvalue weighted by molar-refractivity contribution is 5.54. The molecule has 0 aliphatic carbocycles. The molecule has 5 nitrogen and oxygen atoms in total. The second kappa shape index (κ2) is 3.75. The van der Waals surface area contributed by atoms with E-state index in [9.17, 15) is 4.39 Å². The van der Waals surface area contributed by atoms with Gasteiger partial charge in [0.15, 0.2) is 11.5 Å². The lowest BCUT2D eigenvalue weighted by atomic mass is 10.2. The molecule has 2 rings (SSSR count). The third-order valence-corrected chi connectivity index (χ3v) is 1.70. The Balaban J connectivity index is 2.61. The topological polar surface area (TPSA) is 75.3 Å². The SMILES string of the molecule is N#Cc1ncnc(-c2cnccn2)c1F. The van der Waals surface area contributed by atoms with Crippen LogP contribution in [0.15, 0.2) is 24.9 Å². The van der Waals surface area contributed by atoms with Gasteiger partial charge in [0.25, 0.3) is 0 Å². The van der Waals surface area contributed by atoms with Gasteiger partial charge in [0.05, 0.1) is 6.20 Å². The first-order chi connectivity index (χ1) is 7.33. The van der Waals surface area contributed by atoms with E-state index in [2.05, 4.69) is 19.9 Å². The van der Waals surface area contributed by atoms with Crippen LogP contribution in [0.1, 0.15) is 5.69 Å². The van der Waals surface area contributed by atoms with Crippen molar-refractivity contribution in [1.82, 2.24) is 19.9 Å². The van der Waals surface area contributed by atoms with Crippen molar-refractivity contribution in [3.63, 3.8) is 0 Å². The van der Waals surface area contributed by atoms with E-state index in [0.717, 1.165) is 6.33 Å². The quantitative estimate of drug-likeness (QED) is 0.686. The van der Waals surface area contributed by atoms with E-state index in [1.165, 1.54) is 18.6 Å². The number of nitrogens with zero attached hydrogens (tertiary/aromatic N) is 5. The Bertz CT molecular complexity index is 520. The van der Waals surface area contributed by atoms with Crippen LogP contribution in [-0.4, -0.2) is 19.9 Å². The number of aromatic nitrogens is 4. The summed E-state index contributed by atoms with van der Waals surface area (Å²) in [4.78, 5) is 14.9.